The molecule has 4 heteroatoms. The average Bonchev–Trinajstić information content (AvgIpc) is 2.90. The van der Waals surface area contributed by atoms with E-state index in [1.165, 1.54) is 9.13 Å². The third kappa shape index (κ3) is 4.03. The van der Waals surface area contributed by atoms with Gasteiger partial charge in [-0.2, -0.15) is 0 Å². The van der Waals surface area contributed by atoms with Crippen LogP contribution >= 0.6 is 33.9 Å². The summed E-state index contributed by atoms with van der Waals surface area (Å²) < 4.78 is 1.28. The molecule has 0 aliphatic rings. The van der Waals surface area contributed by atoms with E-state index in [1.807, 2.05) is 5.51 Å². The van der Waals surface area contributed by atoms with E-state index in [-0.39, 0.29) is 0 Å². The molecule has 2 aromatic rings. The predicted molar refractivity (Wildman–Crippen MR) is 86.0 cm³/mol. The average molecular weight is 372 g/mol. The highest BCUT2D eigenvalue weighted by Crippen LogP contribution is 2.19. The number of halogens is 1. The van der Waals surface area contributed by atoms with E-state index in [4.69, 9.17) is 0 Å². The van der Waals surface area contributed by atoms with Crippen molar-refractivity contribution in [3.05, 3.63) is 50.0 Å². The summed E-state index contributed by atoms with van der Waals surface area (Å²) in [6, 6.07) is 9.06. The highest BCUT2D eigenvalue weighted by Gasteiger charge is 2.13. The lowest BCUT2D eigenvalue weighted by Gasteiger charge is -2.16. The Morgan fingerprint density at radius 2 is 2.11 bits per heavy atom. The molecule has 2 nitrogen and oxygen atoms in total. The van der Waals surface area contributed by atoms with Crippen molar-refractivity contribution in [3.63, 3.8) is 0 Å². The molecular weight excluding hydrogens is 355 g/mol. The van der Waals surface area contributed by atoms with Crippen molar-refractivity contribution in [2.24, 2.45) is 0 Å². The minimum Gasteiger partial charge on any atom is -0.308 e. The number of rotatable bonds is 6. The Morgan fingerprint density at radius 1 is 1.33 bits per heavy atom. The molecular formula is C14H17IN2S. The molecule has 1 unspecified atom stereocenters. The molecule has 0 bridgehead atoms. The number of benzene rings is 1. The largest absolute Gasteiger partial charge is 0.308 e. The molecule has 0 fully saturated rings. The number of aromatic nitrogens is 1. The fraction of sp³-hybridized carbons (Fsp3) is 0.357. The van der Waals surface area contributed by atoms with Crippen LogP contribution in [0.4, 0.5) is 0 Å². The van der Waals surface area contributed by atoms with Crippen LogP contribution in [0, 0.1) is 3.57 Å². The summed E-state index contributed by atoms with van der Waals surface area (Å²) in [5, 5.41) is 5.72. The predicted octanol–water partition coefficient (Wildman–Crippen LogP) is 4.03. The van der Waals surface area contributed by atoms with Gasteiger partial charge < -0.3 is 5.32 Å². The Kier molecular flexibility index (Phi) is 5.59. The number of hydrogen-bond acceptors (Lipinski definition) is 3. The second-order valence-corrected chi connectivity index (χ2v) is 6.21. The van der Waals surface area contributed by atoms with Crippen molar-refractivity contribution >= 4 is 33.9 Å². The Hall–Kier alpha value is -0.460. The van der Waals surface area contributed by atoms with Crippen LogP contribution in [0.1, 0.15) is 30.6 Å². The molecule has 0 aliphatic heterocycles. The van der Waals surface area contributed by atoms with E-state index >= 15 is 0 Å². The van der Waals surface area contributed by atoms with Crippen molar-refractivity contribution in [3.8, 4) is 0 Å². The number of hydrogen-bond donors (Lipinski definition) is 1. The van der Waals surface area contributed by atoms with Gasteiger partial charge in [-0.1, -0.05) is 19.1 Å². The van der Waals surface area contributed by atoms with Gasteiger partial charge in [0.25, 0.3) is 0 Å². The van der Waals surface area contributed by atoms with Crippen molar-refractivity contribution in [2.75, 3.05) is 6.54 Å². The maximum Gasteiger partial charge on any atom is 0.0795 e. The van der Waals surface area contributed by atoms with Gasteiger partial charge in [-0.15, -0.1) is 11.3 Å². The second-order valence-electron chi connectivity index (χ2n) is 4.25. The number of nitrogens with zero attached hydrogens (tertiary/aromatic N) is 1. The summed E-state index contributed by atoms with van der Waals surface area (Å²) in [5.74, 6) is 0. The highest BCUT2D eigenvalue weighted by atomic mass is 127. The van der Waals surface area contributed by atoms with E-state index in [9.17, 15) is 0 Å². The standard InChI is InChI=1S/C14H17IN2S/c1-2-7-16-13(14-9-18-10-17-14)8-11-3-5-12(15)6-4-11/h3-6,9-10,13,16H,2,7-8H2,1H3. The van der Waals surface area contributed by atoms with Crippen LogP contribution in [0.2, 0.25) is 0 Å². The molecule has 96 valence electrons. The van der Waals surface area contributed by atoms with Crippen LogP contribution in [0.15, 0.2) is 35.2 Å². The quantitative estimate of drug-likeness (QED) is 0.775. The molecule has 0 aliphatic carbocycles. The first-order valence-corrected chi connectivity index (χ1v) is 8.17. The lowest BCUT2D eigenvalue weighted by atomic mass is 10.0. The van der Waals surface area contributed by atoms with Crippen LogP contribution in [-0.4, -0.2) is 11.5 Å². The van der Waals surface area contributed by atoms with Crippen molar-refractivity contribution in [2.45, 2.75) is 25.8 Å². The lowest BCUT2D eigenvalue weighted by Crippen LogP contribution is -2.24. The van der Waals surface area contributed by atoms with Crippen molar-refractivity contribution in [1.82, 2.24) is 10.3 Å². The van der Waals surface area contributed by atoms with Gasteiger partial charge in [0.05, 0.1) is 17.2 Å². The van der Waals surface area contributed by atoms with E-state index in [0.717, 1.165) is 25.1 Å². The summed E-state index contributed by atoms with van der Waals surface area (Å²) in [4.78, 5) is 4.44. The lowest BCUT2D eigenvalue weighted by molar-refractivity contribution is 0.520. The van der Waals surface area contributed by atoms with Gasteiger partial charge in [-0.25, -0.2) is 4.98 Å². The smallest absolute Gasteiger partial charge is 0.0795 e. The SMILES string of the molecule is CCCNC(Cc1ccc(I)cc1)c1cscn1. The molecule has 1 atom stereocenters. The van der Waals surface area contributed by atoms with Crippen LogP contribution in [0.25, 0.3) is 0 Å². The Morgan fingerprint density at radius 3 is 2.72 bits per heavy atom. The van der Waals surface area contributed by atoms with E-state index in [1.54, 1.807) is 11.3 Å². The van der Waals surface area contributed by atoms with Crippen molar-refractivity contribution < 1.29 is 0 Å². The summed E-state index contributed by atoms with van der Waals surface area (Å²) in [5.41, 5.74) is 4.42. The van der Waals surface area contributed by atoms with Gasteiger partial charge in [0.15, 0.2) is 0 Å². The summed E-state index contributed by atoms with van der Waals surface area (Å²) in [6.45, 7) is 3.22. The van der Waals surface area contributed by atoms with Gasteiger partial charge in [-0.3, -0.25) is 0 Å². The maximum absolute atomic E-state index is 4.44. The van der Waals surface area contributed by atoms with Gasteiger partial charge in [0.1, 0.15) is 0 Å². The van der Waals surface area contributed by atoms with E-state index < -0.39 is 0 Å². The zero-order chi connectivity index (χ0) is 12.8. The van der Waals surface area contributed by atoms with Crippen LogP contribution in [0.3, 0.4) is 0 Å². The maximum atomic E-state index is 4.44. The summed E-state index contributed by atoms with van der Waals surface area (Å²) in [6.07, 6.45) is 2.15. The molecule has 1 heterocycles. The Labute approximate surface area is 126 Å². The molecule has 1 aromatic heterocycles. The molecule has 1 aromatic carbocycles. The van der Waals surface area contributed by atoms with E-state index in [2.05, 4.69) is 69.5 Å². The van der Waals surface area contributed by atoms with Gasteiger partial charge >= 0.3 is 0 Å². The first-order valence-electron chi connectivity index (χ1n) is 6.15. The fourth-order valence-corrected chi connectivity index (χ4v) is 2.82. The van der Waals surface area contributed by atoms with Crippen molar-refractivity contribution in [1.29, 1.82) is 0 Å². The summed E-state index contributed by atoms with van der Waals surface area (Å²) in [7, 11) is 0. The molecule has 2 rings (SSSR count). The minimum absolute atomic E-state index is 0.330. The molecule has 0 amide bonds. The molecule has 0 saturated heterocycles. The summed E-state index contributed by atoms with van der Waals surface area (Å²) >= 11 is 4.00. The zero-order valence-corrected chi connectivity index (χ0v) is 13.4. The monoisotopic (exact) mass is 372 g/mol. The third-order valence-electron chi connectivity index (χ3n) is 2.80. The van der Waals surface area contributed by atoms with Gasteiger partial charge in [-0.05, 0) is 59.7 Å². The number of nitrogens with one attached hydrogen (secondary N) is 1. The normalized spacial score (nSPS) is 12.6. The first-order chi connectivity index (χ1) is 8.79. The Balaban J connectivity index is 2.07. The van der Waals surface area contributed by atoms with Crippen LogP contribution in [0.5, 0.6) is 0 Å². The topological polar surface area (TPSA) is 24.9 Å². The molecule has 18 heavy (non-hydrogen) atoms. The highest BCUT2D eigenvalue weighted by molar-refractivity contribution is 14.1. The van der Waals surface area contributed by atoms with Crippen LogP contribution < -0.4 is 5.32 Å². The zero-order valence-electron chi connectivity index (χ0n) is 10.4. The molecule has 0 spiro atoms. The molecule has 1 N–H and O–H groups in total. The fourth-order valence-electron chi connectivity index (χ4n) is 1.85. The second kappa shape index (κ2) is 7.21. The van der Waals surface area contributed by atoms with Gasteiger partial charge in [0.2, 0.25) is 0 Å². The van der Waals surface area contributed by atoms with Gasteiger partial charge in [0, 0.05) is 8.95 Å². The molecule has 0 saturated carbocycles. The minimum atomic E-state index is 0.330. The van der Waals surface area contributed by atoms with E-state index in [0.29, 0.717) is 6.04 Å². The molecule has 0 radical (unpaired) electrons. The third-order valence-corrected chi connectivity index (χ3v) is 4.13. The first kappa shape index (κ1) is 14.0. The Bertz CT molecular complexity index is 453. The van der Waals surface area contributed by atoms with Crippen LogP contribution in [-0.2, 0) is 6.42 Å². The number of thiazole rings is 1.